The number of hydrogen-bond donors (Lipinski definition) is 1. The number of aliphatic hydroxyl groups is 1. The lowest BCUT2D eigenvalue weighted by molar-refractivity contribution is 0.00578. The minimum Gasteiger partial charge on any atom is -0.450 e. The molecule has 2 aliphatic rings. The second-order valence-electron chi connectivity index (χ2n) is 14.6. The van der Waals surface area contributed by atoms with Gasteiger partial charge in [-0.3, -0.25) is 4.98 Å². The molecule has 2 aromatic heterocycles. The van der Waals surface area contributed by atoms with Gasteiger partial charge in [0.25, 0.3) is 0 Å². The molecule has 2 fully saturated rings. The highest BCUT2D eigenvalue weighted by atomic mass is 16.7. The fourth-order valence-electron chi connectivity index (χ4n) is 6.54. The Bertz CT molecular complexity index is 1580. The third-order valence-electron chi connectivity index (χ3n) is 10.2. The first-order chi connectivity index (χ1) is 22.2. The van der Waals surface area contributed by atoms with Crippen molar-refractivity contribution in [1.29, 1.82) is 0 Å². The van der Waals surface area contributed by atoms with Crippen LogP contribution in [0.15, 0.2) is 30.5 Å². The van der Waals surface area contributed by atoms with Crippen LogP contribution in [0.2, 0.25) is 0 Å². The normalized spacial score (nSPS) is 18.7. The van der Waals surface area contributed by atoms with E-state index in [1.165, 1.54) is 0 Å². The standard InChI is InChI=1S/C36H53BN4O6/c1-11-41-30-14-13-25(37-46-35(6,7)36(8,9)47-37)19-27(30)29(21-34(4,5)23-42)32(41)28-20-26(22-38-31(28)24(3)44-10)39-15-17-40(18-16-39)33(43)45-12-2/h13-14,19-20,22,24,42H,11-12,15-18,21,23H2,1-10H3/t24-/m0/s1. The summed E-state index contributed by atoms with van der Waals surface area (Å²) in [6.07, 6.45) is 2.06. The molecule has 0 unspecified atom stereocenters. The van der Waals surface area contributed by atoms with E-state index in [-0.39, 0.29) is 24.2 Å². The van der Waals surface area contributed by atoms with E-state index in [2.05, 4.69) is 82.2 Å². The maximum Gasteiger partial charge on any atom is 0.494 e. The number of ether oxygens (including phenoxy) is 2. The molecule has 5 rings (SSSR count). The maximum absolute atomic E-state index is 12.4. The third-order valence-corrected chi connectivity index (χ3v) is 10.2. The van der Waals surface area contributed by atoms with Crippen LogP contribution in [0.4, 0.5) is 10.5 Å². The number of piperazine rings is 1. The molecule has 4 heterocycles. The Morgan fingerprint density at radius 3 is 2.32 bits per heavy atom. The molecule has 3 aromatic rings. The SMILES string of the molecule is CCOC(=O)N1CCN(c2cnc([C@H](C)OC)c(-c3c(CC(C)(C)CO)c4cc(B5OC(C)(C)C(C)(C)O5)ccc4n3CC)c2)CC1. The predicted molar refractivity (Wildman–Crippen MR) is 187 cm³/mol. The minimum atomic E-state index is -0.487. The van der Waals surface area contributed by atoms with Gasteiger partial charge in [0.05, 0.1) is 47.2 Å². The Morgan fingerprint density at radius 1 is 1.09 bits per heavy atom. The van der Waals surface area contributed by atoms with E-state index in [0.29, 0.717) is 39.2 Å². The second kappa shape index (κ2) is 13.4. The molecule has 1 aromatic carbocycles. The maximum atomic E-state index is 12.4. The molecule has 2 aliphatic heterocycles. The zero-order valence-corrected chi connectivity index (χ0v) is 30.0. The number of methoxy groups -OCH3 is 1. The number of nitrogens with zero attached hydrogens (tertiary/aromatic N) is 4. The van der Waals surface area contributed by atoms with Crippen molar-refractivity contribution in [3.63, 3.8) is 0 Å². The molecule has 1 amide bonds. The number of fused-ring (bicyclic) bond motifs is 1. The summed E-state index contributed by atoms with van der Waals surface area (Å²) in [5.74, 6) is 0. The van der Waals surface area contributed by atoms with Crippen molar-refractivity contribution in [2.24, 2.45) is 5.41 Å². The third kappa shape index (κ3) is 6.77. The molecule has 1 atom stereocenters. The number of aliphatic hydroxyl groups excluding tert-OH is 1. The number of anilines is 1. The van der Waals surface area contributed by atoms with Gasteiger partial charge in [0, 0.05) is 62.9 Å². The van der Waals surface area contributed by atoms with Crippen LogP contribution in [0.1, 0.15) is 79.7 Å². The molecule has 0 aliphatic carbocycles. The summed E-state index contributed by atoms with van der Waals surface area (Å²) in [4.78, 5) is 21.4. The number of hydrogen-bond acceptors (Lipinski definition) is 8. The van der Waals surface area contributed by atoms with Crippen LogP contribution >= 0.6 is 0 Å². The van der Waals surface area contributed by atoms with Crippen molar-refractivity contribution in [3.05, 3.63) is 41.7 Å². The molecule has 47 heavy (non-hydrogen) atoms. The average molecular weight is 649 g/mol. The smallest absolute Gasteiger partial charge is 0.450 e. The molecule has 0 saturated carbocycles. The predicted octanol–water partition coefficient (Wildman–Crippen LogP) is 5.57. The number of benzene rings is 1. The van der Waals surface area contributed by atoms with Gasteiger partial charge >= 0.3 is 13.2 Å². The molecule has 1 N–H and O–H groups in total. The molecule has 10 nitrogen and oxygen atoms in total. The molecule has 0 spiro atoms. The van der Waals surface area contributed by atoms with Crippen LogP contribution in [0.3, 0.4) is 0 Å². The zero-order valence-electron chi connectivity index (χ0n) is 30.0. The zero-order chi connectivity index (χ0) is 34.3. The van der Waals surface area contributed by atoms with Crippen LogP contribution in [-0.2, 0) is 31.7 Å². The van der Waals surface area contributed by atoms with E-state index in [0.717, 1.165) is 51.1 Å². The number of amides is 1. The molecular weight excluding hydrogens is 595 g/mol. The number of aromatic nitrogens is 2. The monoisotopic (exact) mass is 648 g/mol. The van der Waals surface area contributed by atoms with Crippen LogP contribution < -0.4 is 10.4 Å². The quantitative estimate of drug-likeness (QED) is 0.285. The van der Waals surface area contributed by atoms with Gasteiger partial charge in [-0.2, -0.15) is 0 Å². The fraction of sp³-hybridized carbons (Fsp3) is 0.611. The summed E-state index contributed by atoms with van der Waals surface area (Å²) in [6.45, 7) is 22.2. The largest absolute Gasteiger partial charge is 0.494 e. The van der Waals surface area contributed by atoms with Gasteiger partial charge in [-0.15, -0.1) is 0 Å². The van der Waals surface area contributed by atoms with Gasteiger partial charge in [-0.1, -0.05) is 26.0 Å². The molecular formula is C36H53BN4O6. The minimum absolute atomic E-state index is 0.0481. The molecule has 2 saturated heterocycles. The number of rotatable bonds is 10. The first kappa shape index (κ1) is 35.2. The summed E-state index contributed by atoms with van der Waals surface area (Å²) >= 11 is 0. The lowest BCUT2D eigenvalue weighted by Crippen LogP contribution is -2.49. The number of aryl methyl sites for hydroxylation is 1. The van der Waals surface area contributed by atoms with Crippen molar-refractivity contribution in [2.75, 3.05) is 51.4 Å². The average Bonchev–Trinajstić information content (AvgIpc) is 3.47. The van der Waals surface area contributed by atoms with Crippen molar-refractivity contribution in [3.8, 4) is 11.3 Å². The molecule has 0 radical (unpaired) electrons. The Morgan fingerprint density at radius 2 is 1.74 bits per heavy atom. The topological polar surface area (TPSA) is 98.5 Å². The first-order valence-electron chi connectivity index (χ1n) is 17.0. The van der Waals surface area contributed by atoms with Crippen LogP contribution in [-0.4, -0.2) is 90.5 Å². The number of carbonyl (C=O) groups is 1. The lowest BCUT2D eigenvalue weighted by Gasteiger charge is -2.35. The molecule has 11 heteroatoms. The number of pyridine rings is 1. The van der Waals surface area contributed by atoms with Crippen LogP contribution in [0, 0.1) is 5.41 Å². The summed E-state index contributed by atoms with van der Waals surface area (Å²) < 4.78 is 26.4. The van der Waals surface area contributed by atoms with E-state index in [4.69, 9.17) is 23.8 Å². The Labute approximate surface area is 280 Å². The van der Waals surface area contributed by atoms with E-state index in [9.17, 15) is 9.90 Å². The van der Waals surface area contributed by atoms with Crippen LogP contribution in [0.25, 0.3) is 22.2 Å². The van der Waals surface area contributed by atoms with Gasteiger partial charge in [-0.05, 0) is 83.5 Å². The van der Waals surface area contributed by atoms with Gasteiger partial charge in [0.2, 0.25) is 0 Å². The molecule has 256 valence electrons. The highest BCUT2D eigenvalue weighted by Gasteiger charge is 2.51. The van der Waals surface area contributed by atoms with Crippen molar-refractivity contribution < 1.29 is 28.7 Å². The van der Waals surface area contributed by atoms with Gasteiger partial charge in [0.1, 0.15) is 0 Å². The Hall–Kier alpha value is -3.12. The molecule has 0 bridgehead atoms. The highest BCUT2D eigenvalue weighted by molar-refractivity contribution is 6.62. The van der Waals surface area contributed by atoms with Crippen molar-refractivity contribution in [2.45, 2.75) is 92.6 Å². The highest BCUT2D eigenvalue weighted by Crippen LogP contribution is 2.42. The van der Waals surface area contributed by atoms with Crippen LogP contribution in [0.5, 0.6) is 0 Å². The van der Waals surface area contributed by atoms with Crippen molar-refractivity contribution >= 4 is 35.3 Å². The second-order valence-corrected chi connectivity index (χ2v) is 14.6. The van der Waals surface area contributed by atoms with Gasteiger partial charge in [-0.25, -0.2) is 4.79 Å². The van der Waals surface area contributed by atoms with E-state index in [1.54, 1.807) is 12.0 Å². The van der Waals surface area contributed by atoms with Crippen molar-refractivity contribution in [1.82, 2.24) is 14.5 Å². The summed E-state index contributed by atoms with van der Waals surface area (Å²) in [6, 6.07) is 8.71. The van der Waals surface area contributed by atoms with Gasteiger partial charge < -0.3 is 38.3 Å². The summed E-state index contributed by atoms with van der Waals surface area (Å²) in [7, 11) is 1.22. The first-order valence-corrected chi connectivity index (χ1v) is 17.0. The lowest BCUT2D eigenvalue weighted by atomic mass is 9.77. The fourth-order valence-corrected chi connectivity index (χ4v) is 6.54. The Kier molecular flexibility index (Phi) is 10.0. The van der Waals surface area contributed by atoms with E-state index >= 15 is 0 Å². The summed E-state index contributed by atoms with van der Waals surface area (Å²) in [5, 5.41) is 11.6. The Balaban J connectivity index is 1.66. The van der Waals surface area contributed by atoms with E-state index in [1.807, 2.05) is 20.0 Å². The number of carbonyl (C=O) groups excluding carboxylic acids is 1. The van der Waals surface area contributed by atoms with Gasteiger partial charge in [0.15, 0.2) is 0 Å². The van der Waals surface area contributed by atoms with E-state index < -0.39 is 18.3 Å². The summed E-state index contributed by atoms with van der Waals surface area (Å²) in [5.41, 5.74) is 5.88.